The molecule has 204 valence electrons. The van der Waals surface area contributed by atoms with Crippen LogP contribution in [0.15, 0.2) is 54.6 Å². The van der Waals surface area contributed by atoms with Crippen molar-refractivity contribution in [1.82, 2.24) is 0 Å². The molecule has 0 saturated carbocycles. The fraction of sp³-hybridized carbons (Fsp3) is 0.441. The number of para-hydroxylation sites is 1. The van der Waals surface area contributed by atoms with Crippen LogP contribution in [0.3, 0.4) is 0 Å². The summed E-state index contributed by atoms with van der Waals surface area (Å²) >= 11 is 0. The van der Waals surface area contributed by atoms with Crippen molar-refractivity contribution in [1.29, 1.82) is 0 Å². The van der Waals surface area contributed by atoms with Crippen molar-refractivity contribution in [2.75, 3.05) is 0 Å². The molecule has 4 heteroatoms. The molecular formula is C34H44O4. The smallest absolute Gasteiger partial charge is 0.311 e. The summed E-state index contributed by atoms with van der Waals surface area (Å²) in [7, 11) is 0. The molecule has 0 radical (unpaired) electrons. The van der Waals surface area contributed by atoms with E-state index in [-0.39, 0.29) is 40.1 Å². The fourth-order valence-corrected chi connectivity index (χ4v) is 4.57. The number of rotatable bonds is 6. The minimum atomic E-state index is -0.300. The van der Waals surface area contributed by atoms with Crippen LogP contribution in [-0.2, 0) is 33.9 Å². The third kappa shape index (κ3) is 7.18. The zero-order chi connectivity index (χ0) is 28.5. The lowest BCUT2D eigenvalue weighted by atomic mass is 9.78. The highest BCUT2D eigenvalue weighted by molar-refractivity contribution is 5.72. The second-order valence-electron chi connectivity index (χ2n) is 13.4. The molecule has 0 aliphatic carbocycles. The largest absolute Gasteiger partial charge is 0.507 e. The number of hydrogen-bond donors (Lipinski definition) is 2. The van der Waals surface area contributed by atoms with Gasteiger partial charge in [-0.05, 0) is 68.2 Å². The minimum absolute atomic E-state index is 0.0952. The molecule has 3 rings (SSSR count). The summed E-state index contributed by atoms with van der Waals surface area (Å²) in [5.41, 5.74) is 4.72. The second kappa shape index (κ2) is 10.8. The van der Waals surface area contributed by atoms with Gasteiger partial charge in [-0.15, -0.1) is 0 Å². The highest BCUT2D eigenvalue weighted by atomic mass is 16.5. The lowest BCUT2D eigenvalue weighted by molar-refractivity contribution is -0.134. The first kappa shape index (κ1) is 29.3. The van der Waals surface area contributed by atoms with Gasteiger partial charge in [-0.25, -0.2) is 0 Å². The van der Waals surface area contributed by atoms with Gasteiger partial charge >= 0.3 is 5.97 Å². The van der Waals surface area contributed by atoms with E-state index in [9.17, 15) is 15.0 Å². The van der Waals surface area contributed by atoms with Gasteiger partial charge < -0.3 is 14.9 Å². The number of ether oxygens (including phenoxy) is 1. The SMILES string of the molecule is CC(C)(C)c1cc(Cc2cc(CCC(=O)Oc3ccccc3)cc(C(C)(C)C)c2O)c(O)c(C(C)(C)C)c1. The Morgan fingerprint density at radius 3 is 1.76 bits per heavy atom. The molecule has 2 N–H and O–H groups in total. The van der Waals surface area contributed by atoms with Gasteiger partial charge in [0.15, 0.2) is 0 Å². The Kier molecular flexibility index (Phi) is 8.36. The van der Waals surface area contributed by atoms with E-state index in [0.717, 1.165) is 33.4 Å². The number of carbonyl (C=O) groups excluding carboxylic acids is 1. The molecule has 3 aromatic rings. The summed E-state index contributed by atoms with van der Waals surface area (Å²) in [6.07, 6.45) is 1.10. The van der Waals surface area contributed by atoms with Crippen LogP contribution in [0, 0.1) is 0 Å². The van der Waals surface area contributed by atoms with Crippen molar-refractivity contribution in [3.05, 3.63) is 88.0 Å². The van der Waals surface area contributed by atoms with Gasteiger partial charge in [0.1, 0.15) is 17.2 Å². The average molecular weight is 517 g/mol. The average Bonchev–Trinajstić information content (AvgIpc) is 2.79. The number of aryl methyl sites for hydroxylation is 1. The molecule has 4 nitrogen and oxygen atoms in total. The van der Waals surface area contributed by atoms with Crippen molar-refractivity contribution in [2.24, 2.45) is 0 Å². The number of hydrogen-bond acceptors (Lipinski definition) is 4. The van der Waals surface area contributed by atoms with Gasteiger partial charge in [0.2, 0.25) is 0 Å². The molecule has 0 aliphatic heterocycles. The second-order valence-corrected chi connectivity index (χ2v) is 13.4. The molecule has 3 aromatic carbocycles. The molecule has 0 unspecified atom stereocenters. The van der Waals surface area contributed by atoms with Crippen LogP contribution in [0.1, 0.15) is 102 Å². The maximum absolute atomic E-state index is 12.5. The standard InChI is InChI=1S/C34H44O4/c1-32(2,3)25-20-24(31(37)28(21-25)34(7,8)9)19-23-17-22(18-27(30(23)36)33(4,5)6)15-16-29(35)38-26-13-11-10-12-14-26/h10-14,17-18,20-21,36-37H,15-16,19H2,1-9H3. The fourth-order valence-electron chi connectivity index (χ4n) is 4.57. The van der Waals surface area contributed by atoms with Crippen molar-refractivity contribution in [2.45, 2.75) is 97.8 Å². The van der Waals surface area contributed by atoms with Crippen LogP contribution in [0.25, 0.3) is 0 Å². The topological polar surface area (TPSA) is 66.8 Å². The Balaban J connectivity index is 2.01. The van der Waals surface area contributed by atoms with E-state index in [0.29, 0.717) is 18.6 Å². The maximum Gasteiger partial charge on any atom is 0.311 e. The third-order valence-corrected chi connectivity index (χ3v) is 6.89. The Bertz CT molecular complexity index is 1280. The van der Waals surface area contributed by atoms with E-state index in [2.05, 4.69) is 74.4 Å². The third-order valence-electron chi connectivity index (χ3n) is 6.89. The number of benzene rings is 3. The van der Waals surface area contributed by atoms with Crippen LogP contribution in [-0.4, -0.2) is 16.2 Å². The molecule has 0 amide bonds. The molecule has 0 heterocycles. The van der Waals surface area contributed by atoms with Gasteiger partial charge in [-0.1, -0.05) is 105 Å². The van der Waals surface area contributed by atoms with Crippen molar-refractivity contribution < 1.29 is 19.7 Å². The van der Waals surface area contributed by atoms with E-state index >= 15 is 0 Å². The zero-order valence-electron chi connectivity index (χ0n) is 24.5. The molecular weight excluding hydrogens is 472 g/mol. The Morgan fingerprint density at radius 1 is 0.711 bits per heavy atom. The van der Waals surface area contributed by atoms with Crippen LogP contribution in [0.5, 0.6) is 17.2 Å². The normalized spacial score (nSPS) is 12.4. The van der Waals surface area contributed by atoms with Crippen molar-refractivity contribution >= 4 is 5.97 Å². The van der Waals surface area contributed by atoms with Gasteiger partial charge in [-0.3, -0.25) is 4.79 Å². The lowest BCUT2D eigenvalue weighted by Gasteiger charge is -2.28. The van der Waals surface area contributed by atoms with Crippen molar-refractivity contribution in [3.63, 3.8) is 0 Å². The highest BCUT2D eigenvalue weighted by Gasteiger charge is 2.27. The molecule has 0 atom stereocenters. The zero-order valence-corrected chi connectivity index (χ0v) is 24.5. The molecule has 0 fully saturated rings. The summed E-state index contributed by atoms with van der Waals surface area (Å²) in [5.74, 6) is 0.752. The lowest BCUT2D eigenvalue weighted by Crippen LogP contribution is -2.18. The van der Waals surface area contributed by atoms with E-state index in [1.165, 1.54) is 0 Å². The summed E-state index contributed by atoms with van der Waals surface area (Å²) in [4.78, 5) is 12.5. The van der Waals surface area contributed by atoms with E-state index in [4.69, 9.17) is 4.74 Å². The maximum atomic E-state index is 12.5. The summed E-state index contributed by atoms with van der Waals surface area (Å²) in [5, 5.41) is 22.7. The predicted molar refractivity (Wildman–Crippen MR) is 156 cm³/mol. The first-order valence-electron chi connectivity index (χ1n) is 13.4. The minimum Gasteiger partial charge on any atom is -0.507 e. The quantitative estimate of drug-likeness (QED) is 0.256. The van der Waals surface area contributed by atoms with Crippen LogP contribution >= 0.6 is 0 Å². The molecule has 38 heavy (non-hydrogen) atoms. The van der Waals surface area contributed by atoms with Gasteiger partial charge in [-0.2, -0.15) is 0 Å². The first-order chi connectivity index (χ1) is 17.5. The Hall–Kier alpha value is -3.27. The molecule has 0 saturated heterocycles. The van der Waals surface area contributed by atoms with E-state index < -0.39 is 0 Å². The van der Waals surface area contributed by atoms with Crippen molar-refractivity contribution in [3.8, 4) is 17.2 Å². The highest BCUT2D eigenvalue weighted by Crippen LogP contribution is 2.41. The molecule has 0 aliphatic rings. The van der Waals surface area contributed by atoms with Crippen LogP contribution < -0.4 is 4.74 Å². The Labute approximate surface area is 228 Å². The van der Waals surface area contributed by atoms with Crippen LogP contribution in [0.2, 0.25) is 0 Å². The number of phenolic OH excluding ortho intramolecular Hbond substituents is 2. The number of phenols is 2. The molecule has 0 aromatic heterocycles. The molecule has 0 spiro atoms. The monoisotopic (exact) mass is 516 g/mol. The number of aromatic hydroxyl groups is 2. The Morgan fingerprint density at radius 2 is 1.24 bits per heavy atom. The van der Waals surface area contributed by atoms with Gasteiger partial charge in [0.05, 0.1) is 0 Å². The summed E-state index contributed by atoms with van der Waals surface area (Å²) in [6, 6.07) is 17.2. The van der Waals surface area contributed by atoms with E-state index in [1.54, 1.807) is 12.1 Å². The van der Waals surface area contributed by atoms with Crippen LogP contribution in [0.4, 0.5) is 0 Å². The van der Waals surface area contributed by atoms with Gasteiger partial charge in [0, 0.05) is 12.8 Å². The van der Waals surface area contributed by atoms with Gasteiger partial charge in [0.25, 0.3) is 0 Å². The van der Waals surface area contributed by atoms with E-state index in [1.807, 2.05) is 30.3 Å². The number of carbonyl (C=O) groups is 1. The number of esters is 1. The summed E-state index contributed by atoms with van der Waals surface area (Å²) < 4.78 is 5.47. The first-order valence-corrected chi connectivity index (χ1v) is 13.4. The molecule has 0 bridgehead atoms. The summed E-state index contributed by atoms with van der Waals surface area (Å²) in [6.45, 7) is 19.0. The predicted octanol–water partition coefficient (Wildman–Crippen LogP) is 8.12.